The van der Waals surface area contributed by atoms with Crippen LogP contribution >= 0.6 is 15.9 Å². The van der Waals surface area contributed by atoms with Crippen LogP contribution in [-0.4, -0.2) is 7.11 Å². The van der Waals surface area contributed by atoms with Crippen LogP contribution < -0.4 is 0 Å². The Morgan fingerprint density at radius 2 is 1.92 bits per heavy atom. The molecule has 74 valence electrons. The molecule has 0 aromatic heterocycles. The highest BCUT2D eigenvalue weighted by atomic mass is 79.9. The molecular weight excluding hydrogens is 228 g/mol. The van der Waals surface area contributed by atoms with Gasteiger partial charge in [-0.3, -0.25) is 0 Å². The van der Waals surface area contributed by atoms with Crippen molar-refractivity contribution in [1.82, 2.24) is 0 Å². The van der Waals surface area contributed by atoms with Gasteiger partial charge in [0.15, 0.2) is 0 Å². The maximum Gasteiger partial charge on any atom is 0.0726 e. The molecule has 0 bridgehead atoms. The van der Waals surface area contributed by atoms with Gasteiger partial charge in [-0.25, -0.2) is 0 Å². The van der Waals surface area contributed by atoms with Gasteiger partial charge in [-0.2, -0.15) is 0 Å². The molecule has 0 heterocycles. The fourth-order valence-electron chi connectivity index (χ4n) is 0.994. The summed E-state index contributed by atoms with van der Waals surface area (Å²) in [6, 6.07) is 6.14. The molecule has 0 aliphatic carbocycles. The lowest BCUT2D eigenvalue weighted by molar-refractivity contribution is 0.184. The SMILES string of the molecule is CC.COCc1c(C)cccc1Br. The van der Waals surface area contributed by atoms with Crippen molar-refractivity contribution in [3.8, 4) is 0 Å². The largest absolute Gasteiger partial charge is 0.380 e. The van der Waals surface area contributed by atoms with E-state index >= 15 is 0 Å². The highest BCUT2D eigenvalue weighted by Gasteiger charge is 2.00. The zero-order valence-electron chi connectivity index (χ0n) is 8.73. The van der Waals surface area contributed by atoms with E-state index in [4.69, 9.17) is 4.74 Å². The molecule has 1 aromatic carbocycles. The Morgan fingerprint density at radius 3 is 2.38 bits per heavy atom. The molecule has 0 aliphatic heterocycles. The van der Waals surface area contributed by atoms with Gasteiger partial charge < -0.3 is 4.74 Å². The highest BCUT2D eigenvalue weighted by Crippen LogP contribution is 2.20. The van der Waals surface area contributed by atoms with E-state index < -0.39 is 0 Å². The summed E-state index contributed by atoms with van der Waals surface area (Å²) >= 11 is 3.47. The Kier molecular flexibility index (Phi) is 6.92. The van der Waals surface area contributed by atoms with Crippen molar-refractivity contribution in [3.05, 3.63) is 33.8 Å². The molecule has 0 fully saturated rings. The van der Waals surface area contributed by atoms with E-state index in [0.29, 0.717) is 6.61 Å². The minimum Gasteiger partial charge on any atom is -0.380 e. The third-order valence-electron chi connectivity index (χ3n) is 1.64. The number of benzene rings is 1. The Balaban J connectivity index is 0.000000671. The maximum absolute atomic E-state index is 5.06. The minimum atomic E-state index is 0.674. The van der Waals surface area contributed by atoms with Crippen molar-refractivity contribution in [1.29, 1.82) is 0 Å². The lowest BCUT2D eigenvalue weighted by Gasteiger charge is -2.05. The van der Waals surface area contributed by atoms with Crippen molar-refractivity contribution in [2.75, 3.05) is 7.11 Å². The number of methoxy groups -OCH3 is 1. The number of aryl methyl sites for hydroxylation is 1. The van der Waals surface area contributed by atoms with Crippen LogP contribution in [0.1, 0.15) is 25.0 Å². The summed E-state index contributed by atoms with van der Waals surface area (Å²) in [6.45, 7) is 6.76. The van der Waals surface area contributed by atoms with Gasteiger partial charge in [-0.1, -0.05) is 41.9 Å². The first-order chi connectivity index (χ1) is 6.25. The van der Waals surface area contributed by atoms with Crippen molar-refractivity contribution < 1.29 is 4.74 Å². The predicted octanol–water partition coefficient (Wildman–Crippen LogP) is 3.93. The zero-order chi connectivity index (χ0) is 10.3. The average Bonchev–Trinajstić information content (AvgIpc) is 2.15. The first kappa shape index (κ1) is 12.7. The van der Waals surface area contributed by atoms with Gasteiger partial charge in [0, 0.05) is 11.6 Å². The summed E-state index contributed by atoms with van der Waals surface area (Å²) < 4.78 is 6.18. The second-order valence-electron chi connectivity index (χ2n) is 2.47. The van der Waals surface area contributed by atoms with Gasteiger partial charge >= 0.3 is 0 Å². The van der Waals surface area contributed by atoms with Gasteiger partial charge in [0.25, 0.3) is 0 Å². The second-order valence-corrected chi connectivity index (χ2v) is 3.32. The smallest absolute Gasteiger partial charge is 0.0726 e. The van der Waals surface area contributed by atoms with Gasteiger partial charge in [-0.15, -0.1) is 0 Å². The second kappa shape index (κ2) is 7.10. The molecule has 0 aliphatic rings. The number of rotatable bonds is 2. The van der Waals surface area contributed by atoms with Crippen LogP contribution in [0.3, 0.4) is 0 Å². The van der Waals surface area contributed by atoms with Crippen LogP contribution in [-0.2, 0) is 11.3 Å². The fraction of sp³-hybridized carbons (Fsp3) is 0.455. The third-order valence-corrected chi connectivity index (χ3v) is 2.38. The lowest BCUT2D eigenvalue weighted by atomic mass is 10.1. The Hall–Kier alpha value is -0.340. The van der Waals surface area contributed by atoms with Crippen LogP contribution in [0, 0.1) is 6.92 Å². The monoisotopic (exact) mass is 244 g/mol. The summed E-state index contributed by atoms with van der Waals surface area (Å²) in [7, 11) is 1.71. The van der Waals surface area contributed by atoms with Crippen molar-refractivity contribution in [3.63, 3.8) is 0 Å². The average molecular weight is 245 g/mol. The summed E-state index contributed by atoms with van der Waals surface area (Å²) in [5, 5.41) is 0. The molecule has 0 radical (unpaired) electrons. The standard InChI is InChI=1S/C9H11BrO.C2H6/c1-7-4-3-5-9(10)8(7)6-11-2;1-2/h3-5H,6H2,1-2H3;1-2H3. The Bertz CT molecular complexity index is 226. The van der Waals surface area contributed by atoms with Crippen molar-refractivity contribution >= 4 is 15.9 Å². The molecular formula is C11H17BrO. The summed E-state index contributed by atoms with van der Waals surface area (Å²) in [6.07, 6.45) is 0. The van der Waals surface area contributed by atoms with Crippen LogP contribution in [0.4, 0.5) is 0 Å². The van der Waals surface area contributed by atoms with E-state index in [1.165, 1.54) is 11.1 Å². The number of ether oxygens (including phenoxy) is 1. The molecule has 0 amide bonds. The van der Waals surface area contributed by atoms with Gasteiger partial charge in [0.05, 0.1) is 6.61 Å². The lowest BCUT2D eigenvalue weighted by Crippen LogP contribution is -1.92. The molecule has 2 heteroatoms. The van der Waals surface area contributed by atoms with E-state index in [9.17, 15) is 0 Å². The molecule has 0 atom stereocenters. The van der Waals surface area contributed by atoms with E-state index in [1.54, 1.807) is 7.11 Å². The van der Waals surface area contributed by atoms with E-state index in [2.05, 4.69) is 28.9 Å². The van der Waals surface area contributed by atoms with Crippen molar-refractivity contribution in [2.45, 2.75) is 27.4 Å². The molecule has 1 aromatic rings. The van der Waals surface area contributed by atoms with Crippen molar-refractivity contribution in [2.24, 2.45) is 0 Å². The third kappa shape index (κ3) is 3.92. The molecule has 0 N–H and O–H groups in total. The van der Waals surface area contributed by atoms with E-state index in [1.807, 2.05) is 26.0 Å². The first-order valence-corrected chi connectivity index (χ1v) is 5.28. The number of halogens is 1. The summed E-state index contributed by atoms with van der Waals surface area (Å²) in [5.41, 5.74) is 2.50. The van der Waals surface area contributed by atoms with Gasteiger partial charge in [0.2, 0.25) is 0 Å². The quantitative estimate of drug-likeness (QED) is 0.767. The summed E-state index contributed by atoms with van der Waals surface area (Å²) in [5.74, 6) is 0. The Labute approximate surface area is 89.2 Å². The maximum atomic E-state index is 5.06. The van der Waals surface area contributed by atoms with Crippen LogP contribution in [0.5, 0.6) is 0 Å². The molecule has 0 spiro atoms. The molecule has 1 nitrogen and oxygen atoms in total. The Morgan fingerprint density at radius 1 is 1.31 bits per heavy atom. The van der Waals surface area contributed by atoms with Crippen LogP contribution in [0.25, 0.3) is 0 Å². The molecule has 0 saturated heterocycles. The van der Waals surface area contributed by atoms with Crippen LogP contribution in [0.2, 0.25) is 0 Å². The van der Waals surface area contributed by atoms with E-state index in [-0.39, 0.29) is 0 Å². The molecule has 13 heavy (non-hydrogen) atoms. The predicted molar refractivity (Wildman–Crippen MR) is 60.9 cm³/mol. The first-order valence-electron chi connectivity index (χ1n) is 4.48. The zero-order valence-corrected chi connectivity index (χ0v) is 10.3. The molecule has 1 rings (SSSR count). The molecule has 0 saturated carbocycles. The normalized spacial score (nSPS) is 9.00. The van der Waals surface area contributed by atoms with Crippen LogP contribution in [0.15, 0.2) is 22.7 Å². The van der Waals surface area contributed by atoms with E-state index in [0.717, 1.165) is 4.47 Å². The topological polar surface area (TPSA) is 9.23 Å². The fourth-order valence-corrected chi connectivity index (χ4v) is 1.57. The van der Waals surface area contributed by atoms with Gasteiger partial charge in [0.1, 0.15) is 0 Å². The minimum absolute atomic E-state index is 0.674. The summed E-state index contributed by atoms with van der Waals surface area (Å²) in [4.78, 5) is 0. The van der Waals surface area contributed by atoms with Gasteiger partial charge in [-0.05, 0) is 24.1 Å². The highest BCUT2D eigenvalue weighted by molar-refractivity contribution is 9.10. The number of hydrogen-bond donors (Lipinski definition) is 0. The number of hydrogen-bond acceptors (Lipinski definition) is 1. The molecule has 0 unspecified atom stereocenters.